The molecule has 1 fully saturated rings. The predicted octanol–water partition coefficient (Wildman–Crippen LogP) is 3.06. The number of hydrogen-bond donors (Lipinski definition) is 1. The molecule has 1 unspecified atom stereocenters. The van der Waals surface area contributed by atoms with Gasteiger partial charge >= 0.3 is 0 Å². The fourth-order valence-corrected chi connectivity index (χ4v) is 3.00. The molecule has 5 nitrogen and oxygen atoms in total. The summed E-state index contributed by atoms with van der Waals surface area (Å²) < 4.78 is 5.25. The lowest BCUT2D eigenvalue weighted by Gasteiger charge is -2.32. The molecule has 1 aliphatic rings. The third-order valence-electron chi connectivity index (χ3n) is 4.36. The van der Waals surface area contributed by atoms with Crippen molar-refractivity contribution in [2.24, 2.45) is 5.92 Å². The Balaban J connectivity index is 2.04. The van der Waals surface area contributed by atoms with E-state index in [1.54, 1.807) is 7.11 Å². The van der Waals surface area contributed by atoms with Crippen LogP contribution in [-0.4, -0.2) is 48.2 Å². The van der Waals surface area contributed by atoms with E-state index in [2.05, 4.69) is 42.9 Å². The number of nitrogens with one attached hydrogen (secondary N) is 1. The van der Waals surface area contributed by atoms with E-state index in [4.69, 9.17) is 9.72 Å². The van der Waals surface area contributed by atoms with E-state index in [0.29, 0.717) is 12.5 Å². The van der Waals surface area contributed by atoms with Gasteiger partial charge in [-0.2, -0.15) is 0 Å². The molecule has 0 amide bonds. The van der Waals surface area contributed by atoms with Crippen molar-refractivity contribution in [3.63, 3.8) is 0 Å². The fourth-order valence-electron chi connectivity index (χ4n) is 3.00. The second-order valence-corrected chi connectivity index (χ2v) is 7.53. The molecule has 0 spiro atoms. The van der Waals surface area contributed by atoms with Crippen LogP contribution >= 0.6 is 0 Å². The zero-order valence-corrected chi connectivity index (χ0v) is 15.4. The van der Waals surface area contributed by atoms with Crippen LogP contribution in [0.2, 0.25) is 0 Å². The summed E-state index contributed by atoms with van der Waals surface area (Å²) in [5, 5.41) is 3.54. The smallest absolute Gasteiger partial charge is 0.136 e. The normalized spacial score (nSPS) is 19.8. The van der Waals surface area contributed by atoms with Gasteiger partial charge in [0.1, 0.15) is 11.6 Å². The molecule has 2 rings (SSSR count). The number of hydrogen-bond acceptors (Lipinski definition) is 5. The minimum atomic E-state index is -0.0654. The Kier molecular flexibility index (Phi) is 6.36. The Morgan fingerprint density at radius 3 is 2.78 bits per heavy atom. The predicted molar refractivity (Wildman–Crippen MR) is 94.8 cm³/mol. The standard InChI is InChI=1S/C18H32N4O/c1-6-22-9-7-8-14(12-22)11-19-16-10-15(13-23-5)20-17(21-16)18(2,3)4/h10,14H,6-9,11-13H2,1-5H3,(H,19,20,21). The molecule has 1 atom stereocenters. The van der Waals surface area contributed by atoms with Crippen LogP contribution in [0.4, 0.5) is 5.82 Å². The van der Waals surface area contributed by atoms with Crippen molar-refractivity contribution in [2.45, 2.75) is 52.6 Å². The van der Waals surface area contributed by atoms with E-state index in [1.165, 1.54) is 25.9 Å². The van der Waals surface area contributed by atoms with Crippen molar-refractivity contribution < 1.29 is 4.74 Å². The van der Waals surface area contributed by atoms with Crippen molar-refractivity contribution in [3.05, 3.63) is 17.6 Å². The van der Waals surface area contributed by atoms with Gasteiger partial charge in [-0.1, -0.05) is 27.7 Å². The quantitative estimate of drug-likeness (QED) is 0.873. The Morgan fingerprint density at radius 1 is 1.35 bits per heavy atom. The minimum Gasteiger partial charge on any atom is -0.378 e. The number of nitrogens with zero attached hydrogens (tertiary/aromatic N) is 3. The first-order valence-corrected chi connectivity index (χ1v) is 8.76. The van der Waals surface area contributed by atoms with E-state index in [0.717, 1.165) is 30.4 Å². The molecular weight excluding hydrogens is 288 g/mol. The molecule has 130 valence electrons. The van der Waals surface area contributed by atoms with Crippen molar-refractivity contribution in [3.8, 4) is 0 Å². The minimum absolute atomic E-state index is 0.0654. The molecule has 0 radical (unpaired) electrons. The third kappa shape index (κ3) is 5.43. The van der Waals surface area contributed by atoms with Crippen molar-refractivity contribution in [1.29, 1.82) is 0 Å². The summed E-state index contributed by atoms with van der Waals surface area (Å²) >= 11 is 0. The van der Waals surface area contributed by atoms with Crippen LogP contribution in [0, 0.1) is 5.92 Å². The first-order valence-electron chi connectivity index (χ1n) is 8.76. The van der Waals surface area contributed by atoms with Crippen LogP contribution < -0.4 is 5.32 Å². The Bertz CT molecular complexity index is 498. The number of anilines is 1. The van der Waals surface area contributed by atoms with E-state index >= 15 is 0 Å². The van der Waals surface area contributed by atoms with Gasteiger partial charge in [-0.3, -0.25) is 0 Å². The van der Waals surface area contributed by atoms with Crippen LogP contribution in [-0.2, 0) is 16.8 Å². The number of piperidine rings is 1. The summed E-state index contributed by atoms with van der Waals surface area (Å²) in [4.78, 5) is 11.9. The number of rotatable bonds is 6. The van der Waals surface area contributed by atoms with Gasteiger partial charge in [-0.15, -0.1) is 0 Å². The monoisotopic (exact) mass is 320 g/mol. The van der Waals surface area contributed by atoms with Gasteiger partial charge in [-0.25, -0.2) is 9.97 Å². The highest BCUT2D eigenvalue weighted by Crippen LogP contribution is 2.22. The van der Waals surface area contributed by atoms with Gasteiger partial charge in [0, 0.05) is 31.7 Å². The summed E-state index contributed by atoms with van der Waals surface area (Å²) in [6, 6.07) is 2.01. The zero-order chi connectivity index (χ0) is 16.9. The lowest BCUT2D eigenvalue weighted by molar-refractivity contribution is 0.181. The van der Waals surface area contributed by atoms with Crippen LogP contribution in [0.25, 0.3) is 0 Å². The Labute approximate surface area is 140 Å². The highest BCUT2D eigenvalue weighted by Gasteiger charge is 2.21. The maximum absolute atomic E-state index is 5.25. The molecule has 0 bridgehead atoms. The third-order valence-corrected chi connectivity index (χ3v) is 4.36. The molecule has 0 saturated carbocycles. The maximum Gasteiger partial charge on any atom is 0.136 e. The number of methoxy groups -OCH3 is 1. The van der Waals surface area contributed by atoms with Crippen molar-refractivity contribution in [1.82, 2.24) is 14.9 Å². The average molecular weight is 320 g/mol. The largest absolute Gasteiger partial charge is 0.378 e. The molecule has 0 aromatic carbocycles. The van der Waals surface area contributed by atoms with Gasteiger partial charge in [0.15, 0.2) is 0 Å². The topological polar surface area (TPSA) is 50.3 Å². The van der Waals surface area contributed by atoms with Gasteiger partial charge in [0.25, 0.3) is 0 Å². The zero-order valence-electron chi connectivity index (χ0n) is 15.4. The molecule has 1 aromatic heterocycles. The first kappa shape index (κ1) is 18.1. The molecule has 1 aromatic rings. The van der Waals surface area contributed by atoms with Crippen molar-refractivity contribution in [2.75, 3.05) is 38.6 Å². The molecule has 0 aliphatic carbocycles. The molecular formula is C18H32N4O. The Hall–Kier alpha value is -1.20. The van der Waals surface area contributed by atoms with Crippen molar-refractivity contribution >= 4 is 5.82 Å². The van der Waals surface area contributed by atoms with Gasteiger partial charge < -0.3 is 15.0 Å². The highest BCUT2D eigenvalue weighted by atomic mass is 16.5. The molecule has 23 heavy (non-hydrogen) atoms. The summed E-state index contributed by atoms with van der Waals surface area (Å²) in [5.74, 6) is 2.49. The SMILES string of the molecule is CCN1CCCC(CNc2cc(COC)nc(C(C)(C)C)n2)C1. The second kappa shape index (κ2) is 8.06. The number of ether oxygens (including phenoxy) is 1. The van der Waals surface area contributed by atoms with E-state index in [-0.39, 0.29) is 5.41 Å². The second-order valence-electron chi connectivity index (χ2n) is 7.53. The van der Waals surface area contributed by atoms with E-state index in [9.17, 15) is 0 Å². The summed E-state index contributed by atoms with van der Waals surface area (Å²) in [6.45, 7) is 13.7. The average Bonchev–Trinajstić information content (AvgIpc) is 2.52. The number of aromatic nitrogens is 2. The van der Waals surface area contributed by atoms with Crippen LogP contribution in [0.1, 0.15) is 52.1 Å². The molecule has 2 heterocycles. The van der Waals surface area contributed by atoms with Gasteiger partial charge in [-0.05, 0) is 31.8 Å². The lowest BCUT2D eigenvalue weighted by atomic mass is 9.95. The van der Waals surface area contributed by atoms with Crippen LogP contribution in [0.3, 0.4) is 0 Å². The molecule has 1 saturated heterocycles. The first-order chi connectivity index (χ1) is 10.9. The Morgan fingerprint density at radius 2 is 2.13 bits per heavy atom. The summed E-state index contributed by atoms with van der Waals surface area (Å²) in [5.41, 5.74) is 0.873. The van der Waals surface area contributed by atoms with Gasteiger partial charge in [0.2, 0.25) is 0 Å². The lowest BCUT2D eigenvalue weighted by Crippen LogP contribution is -2.37. The molecule has 1 N–H and O–H groups in total. The van der Waals surface area contributed by atoms with Crippen LogP contribution in [0.15, 0.2) is 6.07 Å². The van der Waals surface area contributed by atoms with E-state index < -0.39 is 0 Å². The van der Waals surface area contributed by atoms with Gasteiger partial charge in [0.05, 0.1) is 12.3 Å². The molecule has 1 aliphatic heterocycles. The fraction of sp³-hybridized carbons (Fsp3) is 0.778. The number of likely N-dealkylation sites (tertiary alicyclic amines) is 1. The van der Waals surface area contributed by atoms with E-state index in [1.807, 2.05) is 6.07 Å². The maximum atomic E-state index is 5.25. The summed E-state index contributed by atoms with van der Waals surface area (Å²) in [6.07, 6.45) is 2.60. The molecule has 5 heteroatoms. The van der Waals surface area contributed by atoms with Crippen LogP contribution in [0.5, 0.6) is 0 Å². The summed E-state index contributed by atoms with van der Waals surface area (Å²) in [7, 11) is 1.70. The highest BCUT2D eigenvalue weighted by molar-refractivity contribution is 5.37.